The molecule has 4 heteroatoms. The lowest BCUT2D eigenvalue weighted by Gasteiger charge is -2.09. The minimum Gasteiger partial charge on any atom is -0.231 e. The monoisotopic (exact) mass is 274 g/mol. The predicted molar refractivity (Wildman–Crippen MR) is 77.4 cm³/mol. The highest BCUT2D eigenvalue weighted by Crippen LogP contribution is 2.41. The number of aromatic nitrogens is 2. The molecule has 2 heterocycles. The summed E-state index contributed by atoms with van der Waals surface area (Å²) in [5, 5.41) is 0.884. The van der Waals surface area contributed by atoms with Crippen LogP contribution in [0.1, 0.15) is 17.0 Å². The van der Waals surface area contributed by atoms with Gasteiger partial charge >= 0.3 is 0 Å². The second kappa shape index (κ2) is 5.33. The van der Waals surface area contributed by atoms with E-state index in [0.717, 1.165) is 16.5 Å². The molecule has 1 aliphatic rings. The summed E-state index contributed by atoms with van der Waals surface area (Å²) in [4.78, 5) is 10.1. The number of fused-ring (bicyclic) bond motifs is 1. The lowest BCUT2D eigenvalue weighted by molar-refractivity contribution is 0.884. The molecule has 2 nitrogen and oxygen atoms in total. The third-order valence-corrected chi connectivity index (χ3v) is 5.26. The maximum Gasteiger partial charge on any atom is 0.187 e. The van der Waals surface area contributed by atoms with Gasteiger partial charge in [-0.25, -0.2) is 9.97 Å². The Morgan fingerprint density at radius 1 is 1.28 bits per heavy atom. The van der Waals surface area contributed by atoms with Gasteiger partial charge < -0.3 is 0 Å². The first-order valence-electron chi connectivity index (χ1n) is 5.96. The van der Waals surface area contributed by atoms with E-state index in [-0.39, 0.29) is 0 Å². The molecular weight excluding hydrogens is 260 g/mol. The van der Waals surface area contributed by atoms with Gasteiger partial charge in [-0.3, -0.25) is 0 Å². The molecule has 2 aromatic rings. The number of hydrogen-bond acceptors (Lipinski definition) is 4. The number of nitrogens with zero attached hydrogens (tertiary/aromatic N) is 2. The molecular formula is C14H14N2S2. The van der Waals surface area contributed by atoms with E-state index in [1.54, 1.807) is 11.8 Å². The second-order valence-corrected chi connectivity index (χ2v) is 6.45. The molecule has 3 rings (SSSR count). The van der Waals surface area contributed by atoms with Crippen LogP contribution in [0.2, 0.25) is 0 Å². The number of aryl methyl sites for hydroxylation is 1. The van der Waals surface area contributed by atoms with Crippen LogP contribution < -0.4 is 0 Å². The first-order valence-corrected chi connectivity index (χ1v) is 7.93. The molecule has 1 aromatic heterocycles. The van der Waals surface area contributed by atoms with Crippen molar-refractivity contribution < 1.29 is 0 Å². The molecule has 0 amide bonds. The predicted octanol–water partition coefficient (Wildman–Crippen LogP) is 3.77. The molecule has 18 heavy (non-hydrogen) atoms. The molecule has 0 fully saturated rings. The van der Waals surface area contributed by atoms with Crippen molar-refractivity contribution in [2.75, 3.05) is 11.5 Å². The van der Waals surface area contributed by atoms with E-state index in [0.29, 0.717) is 5.92 Å². The van der Waals surface area contributed by atoms with Gasteiger partial charge in [-0.15, -0.1) is 11.8 Å². The molecule has 1 unspecified atom stereocenters. The number of benzene rings is 1. The molecule has 1 aliphatic heterocycles. The number of hydrogen-bond donors (Lipinski definition) is 0. The van der Waals surface area contributed by atoms with Crippen LogP contribution in [0.5, 0.6) is 0 Å². The number of rotatable bonds is 3. The van der Waals surface area contributed by atoms with Crippen LogP contribution in [-0.4, -0.2) is 21.5 Å². The van der Waals surface area contributed by atoms with Crippen LogP contribution in [0.15, 0.2) is 46.7 Å². The lowest BCUT2D eigenvalue weighted by Crippen LogP contribution is -2.01. The molecule has 1 atom stereocenters. The van der Waals surface area contributed by atoms with Gasteiger partial charge in [-0.05, 0) is 24.1 Å². The van der Waals surface area contributed by atoms with Gasteiger partial charge in [0.15, 0.2) is 5.16 Å². The van der Waals surface area contributed by atoms with Crippen molar-refractivity contribution in [1.29, 1.82) is 0 Å². The summed E-state index contributed by atoms with van der Waals surface area (Å²) >= 11 is 3.71. The SMILES string of the molecule is Cc1cnc(SCC2CSc3ccccc32)nc1. The highest BCUT2D eigenvalue weighted by molar-refractivity contribution is 8.00. The van der Waals surface area contributed by atoms with Crippen LogP contribution in [0.4, 0.5) is 0 Å². The average Bonchev–Trinajstić information content (AvgIpc) is 2.82. The minimum absolute atomic E-state index is 0.626. The summed E-state index contributed by atoms with van der Waals surface area (Å²) in [6.45, 7) is 2.01. The summed E-state index contributed by atoms with van der Waals surface area (Å²) in [7, 11) is 0. The highest BCUT2D eigenvalue weighted by atomic mass is 32.2. The van der Waals surface area contributed by atoms with Crippen LogP contribution in [-0.2, 0) is 0 Å². The Labute approximate surface area is 116 Å². The normalized spacial score (nSPS) is 17.7. The lowest BCUT2D eigenvalue weighted by atomic mass is 10.0. The van der Waals surface area contributed by atoms with Gasteiger partial charge in [-0.2, -0.15) is 0 Å². The van der Waals surface area contributed by atoms with Crippen LogP contribution in [0.3, 0.4) is 0 Å². The maximum atomic E-state index is 4.34. The van der Waals surface area contributed by atoms with Crippen molar-refractivity contribution in [3.63, 3.8) is 0 Å². The fraction of sp³-hybridized carbons (Fsp3) is 0.286. The van der Waals surface area contributed by atoms with Crippen LogP contribution in [0, 0.1) is 6.92 Å². The molecule has 0 bridgehead atoms. The summed E-state index contributed by atoms with van der Waals surface area (Å²) in [6, 6.07) is 8.71. The Morgan fingerprint density at radius 3 is 2.89 bits per heavy atom. The van der Waals surface area contributed by atoms with Crippen molar-refractivity contribution in [3.05, 3.63) is 47.8 Å². The third-order valence-electron chi connectivity index (χ3n) is 2.97. The maximum absolute atomic E-state index is 4.34. The highest BCUT2D eigenvalue weighted by Gasteiger charge is 2.22. The Balaban J connectivity index is 1.67. The summed E-state index contributed by atoms with van der Waals surface area (Å²) in [5.41, 5.74) is 2.60. The van der Waals surface area contributed by atoms with Crippen molar-refractivity contribution in [1.82, 2.24) is 9.97 Å². The van der Waals surface area contributed by atoms with Gasteiger partial charge in [-0.1, -0.05) is 30.0 Å². The fourth-order valence-corrected chi connectivity index (χ4v) is 4.30. The molecule has 1 aromatic carbocycles. The van der Waals surface area contributed by atoms with Gasteiger partial charge in [0.1, 0.15) is 0 Å². The van der Waals surface area contributed by atoms with E-state index in [4.69, 9.17) is 0 Å². The van der Waals surface area contributed by atoms with E-state index in [1.165, 1.54) is 16.2 Å². The van der Waals surface area contributed by atoms with Gasteiger partial charge in [0.2, 0.25) is 0 Å². The standard InChI is InChI=1S/C14H14N2S2/c1-10-6-15-14(16-7-10)18-9-11-8-17-13-5-3-2-4-12(11)13/h2-7,11H,8-9H2,1H3. The zero-order valence-electron chi connectivity index (χ0n) is 10.2. The smallest absolute Gasteiger partial charge is 0.187 e. The molecule has 0 saturated heterocycles. The Bertz CT molecular complexity index is 540. The average molecular weight is 274 g/mol. The molecule has 92 valence electrons. The van der Waals surface area contributed by atoms with Crippen molar-refractivity contribution in [2.24, 2.45) is 0 Å². The first kappa shape index (κ1) is 12.1. The molecule has 0 saturated carbocycles. The van der Waals surface area contributed by atoms with Crippen molar-refractivity contribution in [2.45, 2.75) is 22.9 Å². The van der Waals surface area contributed by atoms with Crippen LogP contribution in [0.25, 0.3) is 0 Å². The Morgan fingerprint density at radius 2 is 2.06 bits per heavy atom. The Hall–Kier alpha value is -1.00. The second-order valence-electron chi connectivity index (χ2n) is 4.40. The summed E-state index contributed by atoms with van der Waals surface area (Å²) < 4.78 is 0. The van der Waals surface area contributed by atoms with E-state index < -0.39 is 0 Å². The van der Waals surface area contributed by atoms with E-state index in [2.05, 4.69) is 34.2 Å². The topological polar surface area (TPSA) is 25.8 Å². The zero-order chi connectivity index (χ0) is 12.4. The molecule has 0 spiro atoms. The van der Waals surface area contributed by atoms with Gasteiger partial charge in [0.25, 0.3) is 0 Å². The summed E-state index contributed by atoms with van der Waals surface area (Å²) in [5.74, 6) is 2.87. The molecule has 0 radical (unpaired) electrons. The fourth-order valence-electron chi connectivity index (χ4n) is 2.00. The largest absolute Gasteiger partial charge is 0.231 e. The molecule has 0 N–H and O–H groups in total. The zero-order valence-corrected chi connectivity index (χ0v) is 11.8. The van der Waals surface area contributed by atoms with E-state index in [9.17, 15) is 0 Å². The first-order chi connectivity index (χ1) is 8.83. The Kier molecular flexibility index (Phi) is 3.57. The van der Waals surface area contributed by atoms with E-state index >= 15 is 0 Å². The summed E-state index contributed by atoms with van der Waals surface area (Å²) in [6.07, 6.45) is 3.76. The van der Waals surface area contributed by atoms with Gasteiger partial charge in [0.05, 0.1) is 0 Å². The van der Waals surface area contributed by atoms with Crippen molar-refractivity contribution >= 4 is 23.5 Å². The van der Waals surface area contributed by atoms with Gasteiger partial charge in [0, 0.05) is 34.7 Å². The third kappa shape index (κ3) is 2.54. The van der Waals surface area contributed by atoms with Crippen molar-refractivity contribution in [3.8, 4) is 0 Å². The van der Waals surface area contributed by atoms with E-state index in [1.807, 2.05) is 31.1 Å². The quantitative estimate of drug-likeness (QED) is 0.628. The minimum atomic E-state index is 0.626. The number of thioether (sulfide) groups is 2. The van der Waals surface area contributed by atoms with Crippen LogP contribution >= 0.6 is 23.5 Å². The molecule has 0 aliphatic carbocycles.